The minimum Gasteiger partial charge on any atom is -0.452 e. The van der Waals surface area contributed by atoms with Gasteiger partial charge in [0.1, 0.15) is 28.4 Å². The summed E-state index contributed by atoms with van der Waals surface area (Å²) in [6.07, 6.45) is -2.00. The third kappa shape index (κ3) is 2.01. The molecule has 194 valence electrons. The Labute approximate surface area is 203 Å². The number of aromatic amines is 1. The third-order valence-corrected chi connectivity index (χ3v) is 10.7. The van der Waals surface area contributed by atoms with E-state index < -0.39 is 69.4 Å². The van der Waals surface area contributed by atoms with E-state index in [1.807, 2.05) is 0 Å². The van der Waals surface area contributed by atoms with Gasteiger partial charge in [0.25, 0.3) is 0 Å². The molecule has 0 radical (unpaired) electrons. The summed E-state index contributed by atoms with van der Waals surface area (Å²) in [5, 5.41) is 61.1. The van der Waals surface area contributed by atoms with Crippen LogP contribution in [0.5, 0.6) is 0 Å². The highest BCUT2D eigenvalue weighted by atomic mass is 16.8. The molecule has 6 N–H and O–H groups in total. The minimum absolute atomic E-state index is 0.159. The van der Waals surface area contributed by atoms with Crippen molar-refractivity contribution < 1.29 is 44.5 Å². The Morgan fingerprint density at radius 3 is 2.51 bits per heavy atom. The van der Waals surface area contributed by atoms with Gasteiger partial charge in [-0.05, 0) is 43.7 Å². The Bertz CT molecular complexity index is 1090. The quantitative estimate of drug-likeness (QED) is 0.328. The molecule has 5 bridgehead atoms. The normalized spacial score (nSPS) is 58.0. The summed E-state index contributed by atoms with van der Waals surface area (Å²) in [5.41, 5.74) is -9.24. The number of carbonyl (C=O) groups is 1. The molecule has 0 unspecified atom stereocenters. The predicted octanol–water partition coefficient (Wildman–Crippen LogP) is 0.424. The van der Waals surface area contributed by atoms with Gasteiger partial charge in [0, 0.05) is 18.0 Å². The fourth-order valence-electron chi connectivity index (χ4n) is 8.74. The van der Waals surface area contributed by atoms with E-state index in [0.717, 1.165) is 0 Å². The maximum Gasteiger partial charge on any atom is 0.355 e. The van der Waals surface area contributed by atoms with E-state index in [1.165, 1.54) is 13.0 Å². The van der Waals surface area contributed by atoms with Crippen LogP contribution in [0.25, 0.3) is 0 Å². The standard InChI is InChI=1S/C25H35NO9/c1-12(2)23(31)17(33-18(28)14-7-6-10-26-14)16-19(4)11-22(30)20(23,5)25(32,34-16)24(35-22)15(27)13(3)8-9-21(19,24)29/h6-7,10,12-13,15-17,26-27,29-32H,8-9,11H2,1-5H3/t13-,15+,16+,17-,19+,20-,21-,22-,23+,24+,25+/m0/s1. The average molecular weight is 494 g/mol. The topological polar surface area (TPSA) is 162 Å². The van der Waals surface area contributed by atoms with Crippen molar-refractivity contribution in [2.45, 2.75) is 101 Å². The zero-order valence-corrected chi connectivity index (χ0v) is 20.6. The molecule has 11 atom stereocenters. The lowest BCUT2D eigenvalue weighted by molar-refractivity contribution is -0.495. The van der Waals surface area contributed by atoms with Crippen molar-refractivity contribution in [2.24, 2.45) is 22.7 Å². The number of H-pyrrole nitrogens is 1. The summed E-state index contributed by atoms with van der Waals surface area (Å²) in [7, 11) is 0. The zero-order valence-electron chi connectivity index (χ0n) is 20.6. The number of ether oxygens (including phenoxy) is 3. The van der Waals surface area contributed by atoms with Crippen LogP contribution in [0.3, 0.4) is 0 Å². The van der Waals surface area contributed by atoms with Gasteiger partial charge in [-0.25, -0.2) is 4.79 Å². The zero-order chi connectivity index (χ0) is 25.6. The van der Waals surface area contributed by atoms with Crippen molar-refractivity contribution in [3.63, 3.8) is 0 Å². The molecule has 4 saturated heterocycles. The average Bonchev–Trinajstić information content (AvgIpc) is 3.34. The molecule has 35 heavy (non-hydrogen) atoms. The number of fused-ring (bicyclic) bond motifs is 4. The second-order valence-electron chi connectivity index (χ2n) is 12.2. The van der Waals surface area contributed by atoms with Crippen LogP contribution in [0.2, 0.25) is 0 Å². The Balaban J connectivity index is 1.64. The first-order valence-corrected chi connectivity index (χ1v) is 12.4. The van der Waals surface area contributed by atoms with E-state index in [2.05, 4.69) is 4.98 Å². The second kappa shape index (κ2) is 6.30. The minimum atomic E-state index is -2.49. The highest BCUT2D eigenvalue weighted by Gasteiger charge is 3.01. The molecule has 1 aliphatic carbocycles. The number of hydrogen-bond donors (Lipinski definition) is 6. The second-order valence-corrected chi connectivity index (χ2v) is 12.2. The molecule has 1 spiro atoms. The fraction of sp³-hybridized carbons (Fsp3) is 0.800. The van der Waals surface area contributed by atoms with Gasteiger partial charge in [-0.3, -0.25) is 0 Å². The molecule has 10 heteroatoms. The molecule has 5 aliphatic rings. The van der Waals surface area contributed by atoms with Crippen molar-refractivity contribution in [2.75, 3.05) is 0 Å². The van der Waals surface area contributed by atoms with E-state index in [1.54, 1.807) is 40.0 Å². The van der Waals surface area contributed by atoms with Crippen LogP contribution >= 0.6 is 0 Å². The Kier molecular flexibility index (Phi) is 4.29. The molecular formula is C25H35NO9. The number of aliphatic hydroxyl groups is 5. The van der Waals surface area contributed by atoms with Crippen LogP contribution in [0.15, 0.2) is 18.3 Å². The van der Waals surface area contributed by atoms with Gasteiger partial charge >= 0.3 is 5.97 Å². The Morgan fingerprint density at radius 2 is 1.91 bits per heavy atom. The van der Waals surface area contributed by atoms with Crippen LogP contribution in [-0.4, -0.2) is 83.2 Å². The highest BCUT2D eigenvalue weighted by Crippen LogP contribution is 2.83. The van der Waals surface area contributed by atoms with E-state index in [9.17, 15) is 30.3 Å². The number of rotatable bonds is 3. The number of hydrogen-bond acceptors (Lipinski definition) is 9. The van der Waals surface area contributed by atoms with E-state index in [4.69, 9.17) is 14.2 Å². The lowest BCUT2D eigenvalue weighted by Crippen LogP contribution is -2.91. The molecule has 5 fully saturated rings. The maximum atomic E-state index is 13.1. The van der Waals surface area contributed by atoms with Gasteiger partial charge in [-0.15, -0.1) is 0 Å². The van der Waals surface area contributed by atoms with Crippen LogP contribution < -0.4 is 0 Å². The number of aromatic nitrogens is 1. The van der Waals surface area contributed by atoms with Gasteiger partial charge in [0.15, 0.2) is 17.5 Å². The van der Waals surface area contributed by atoms with Crippen molar-refractivity contribution in [1.29, 1.82) is 0 Å². The summed E-state index contributed by atoms with van der Waals surface area (Å²) >= 11 is 0. The molecule has 0 aromatic carbocycles. The fourth-order valence-corrected chi connectivity index (χ4v) is 8.74. The SMILES string of the molecule is CC(C)[C@@]1(O)[C@@H](OC(=O)c2ccc[nH]2)[C@H]2O[C@@]3(O)[C@]45O[C@@](O)(C[C@@]2(C)[C@@]4(O)CC[C@H](C)[C@H]5O)[C@]31C. The Hall–Kier alpha value is -1.53. The largest absolute Gasteiger partial charge is 0.452 e. The lowest BCUT2D eigenvalue weighted by Gasteiger charge is -2.73. The summed E-state index contributed by atoms with van der Waals surface area (Å²) in [6.45, 7) is 8.31. The molecule has 10 nitrogen and oxygen atoms in total. The van der Waals surface area contributed by atoms with Gasteiger partial charge in [-0.2, -0.15) is 0 Å². The van der Waals surface area contributed by atoms with Gasteiger partial charge in [0.05, 0.1) is 6.10 Å². The van der Waals surface area contributed by atoms with E-state index >= 15 is 0 Å². The lowest BCUT2D eigenvalue weighted by atomic mass is 9.44. The molecular weight excluding hydrogens is 458 g/mol. The molecule has 1 aromatic heterocycles. The number of aliphatic hydroxyl groups excluding tert-OH is 1. The first kappa shape index (κ1) is 23.8. The predicted molar refractivity (Wildman–Crippen MR) is 119 cm³/mol. The van der Waals surface area contributed by atoms with Crippen molar-refractivity contribution in [1.82, 2.24) is 4.98 Å². The van der Waals surface area contributed by atoms with Gasteiger partial charge in [0.2, 0.25) is 5.79 Å². The van der Waals surface area contributed by atoms with Crippen LogP contribution in [0.1, 0.15) is 64.4 Å². The van der Waals surface area contributed by atoms with Gasteiger partial charge in [-0.1, -0.05) is 27.7 Å². The van der Waals surface area contributed by atoms with E-state index in [-0.39, 0.29) is 24.5 Å². The first-order valence-electron chi connectivity index (χ1n) is 12.4. The summed E-state index contributed by atoms with van der Waals surface area (Å²) in [6, 6.07) is 3.17. The van der Waals surface area contributed by atoms with Crippen LogP contribution in [0.4, 0.5) is 0 Å². The summed E-state index contributed by atoms with van der Waals surface area (Å²) in [4.78, 5) is 15.9. The number of carbonyl (C=O) groups excluding carboxylic acids is 1. The smallest absolute Gasteiger partial charge is 0.355 e. The molecule has 6 rings (SSSR count). The Morgan fingerprint density at radius 1 is 1.23 bits per heavy atom. The van der Waals surface area contributed by atoms with Crippen molar-refractivity contribution >= 4 is 5.97 Å². The maximum absolute atomic E-state index is 13.1. The highest BCUT2D eigenvalue weighted by molar-refractivity contribution is 5.87. The van der Waals surface area contributed by atoms with Gasteiger partial charge < -0.3 is 44.7 Å². The first-order chi connectivity index (χ1) is 16.1. The monoisotopic (exact) mass is 493 g/mol. The van der Waals surface area contributed by atoms with E-state index in [0.29, 0.717) is 6.42 Å². The summed E-state index contributed by atoms with van der Waals surface area (Å²) < 4.78 is 18.5. The van der Waals surface area contributed by atoms with Crippen molar-refractivity contribution in [3.8, 4) is 0 Å². The molecule has 4 aliphatic heterocycles. The molecule has 5 heterocycles. The molecule has 1 aromatic rings. The third-order valence-electron chi connectivity index (χ3n) is 10.7. The number of nitrogens with one attached hydrogen (secondary N) is 1. The molecule has 1 saturated carbocycles. The number of esters is 1. The molecule has 0 amide bonds. The van der Waals surface area contributed by atoms with Crippen LogP contribution in [0, 0.1) is 22.7 Å². The summed E-state index contributed by atoms with van der Waals surface area (Å²) in [5.74, 6) is -6.49. The van der Waals surface area contributed by atoms with Crippen LogP contribution in [-0.2, 0) is 14.2 Å². The van der Waals surface area contributed by atoms with Crippen molar-refractivity contribution in [3.05, 3.63) is 24.0 Å².